The van der Waals surface area contributed by atoms with Crippen LogP contribution in [-0.2, 0) is 18.4 Å². The summed E-state index contributed by atoms with van der Waals surface area (Å²) in [5.41, 5.74) is 0. The van der Waals surface area contributed by atoms with E-state index in [4.69, 9.17) is 9.05 Å². The van der Waals surface area contributed by atoms with Gasteiger partial charge in [0.1, 0.15) is 13.2 Å². The van der Waals surface area contributed by atoms with E-state index in [1.165, 1.54) is 141 Å². The molecule has 9 heteroatoms. The van der Waals surface area contributed by atoms with Crippen LogP contribution in [0.1, 0.15) is 245 Å². The maximum Gasteiger partial charge on any atom is 0.472 e. The highest BCUT2D eigenvalue weighted by molar-refractivity contribution is 7.47. The van der Waals surface area contributed by atoms with Crippen LogP contribution in [0.5, 0.6) is 0 Å². The number of phosphoric acid groups is 1. The Morgan fingerprint density at radius 1 is 0.500 bits per heavy atom. The third-order valence-corrected chi connectivity index (χ3v) is 13.6. The van der Waals surface area contributed by atoms with Gasteiger partial charge in [0.2, 0.25) is 5.91 Å². The Morgan fingerprint density at radius 2 is 0.871 bits per heavy atom. The van der Waals surface area contributed by atoms with Crippen molar-refractivity contribution >= 4 is 13.7 Å². The average molecular weight is 1000 g/mol. The first kappa shape index (κ1) is 67.7. The highest BCUT2D eigenvalue weighted by Gasteiger charge is 2.27. The fourth-order valence-electron chi connectivity index (χ4n) is 8.07. The van der Waals surface area contributed by atoms with Crippen LogP contribution in [0.15, 0.2) is 85.1 Å². The second-order valence-electron chi connectivity index (χ2n) is 20.6. The molecule has 3 atom stereocenters. The number of aliphatic hydroxyl groups is 1. The number of carbonyl (C=O) groups excluding carboxylic acids is 1. The lowest BCUT2D eigenvalue weighted by molar-refractivity contribution is -0.870. The van der Waals surface area contributed by atoms with Gasteiger partial charge in [-0.25, -0.2) is 4.57 Å². The molecule has 1 amide bonds. The molecule has 0 aromatic rings. The highest BCUT2D eigenvalue weighted by Crippen LogP contribution is 2.43. The standard InChI is InChI=1S/C61H111N2O6P/c1-6-8-10-12-14-16-18-20-22-24-26-27-28-29-30-31-32-33-34-35-37-38-40-42-44-46-48-50-52-54-60(64)59(58-69-70(66,67)68-57-56-63(3,4)5)62-61(65)55-53-51-49-47-45-43-41-39-36-25-23-21-19-17-15-13-11-9-7-2/h9,11,15,17,21,23,36-39,44,46,52,54,59-60,64H,6-8,10,12-14,16,18-20,22,24-35,40-43,45,47-51,53,55-58H2,1-5H3,(H-,62,65,66,67)/p+1/b11-9-,17-15-,23-21-,38-37+,39-36-,46-44+,54-52+. The van der Waals surface area contributed by atoms with Crippen molar-refractivity contribution in [2.24, 2.45) is 0 Å². The zero-order valence-corrected chi connectivity index (χ0v) is 47.1. The van der Waals surface area contributed by atoms with Crippen molar-refractivity contribution in [3.63, 3.8) is 0 Å². The van der Waals surface area contributed by atoms with Gasteiger partial charge in [0.25, 0.3) is 0 Å². The molecule has 0 heterocycles. The number of amides is 1. The number of phosphoric ester groups is 1. The summed E-state index contributed by atoms with van der Waals surface area (Å²) in [4.78, 5) is 23.3. The molecule has 406 valence electrons. The summed E-state index contributed by atoms with van der Waals surface area (Å²) in [5, 5.41) is 13.9. The molecule has 0 aliphatic carbocycles. The number of unbranched alkanes of at least 4 members (excludes halogenated alkanes) is 27. The van der Waals surface area contributed by atoms with Gasteiger partial charge in [-0.1, -0.05) is 240 Å². The first-order chi connectivity index (χ1) is 34.0. The van der Waals surface area contributed by atoms with Crippen molar-refractivity contribution in [2.75, 3.05) is 40.9 Å². The molecular formula is C61H112N2O6P+. The first-order valence-corrected chi connectivity index (χ1v) is 30.5. The quantitative estimate of drug-likeness (QED) is 0.0243. The van der Waals surface area contributed by atoms with Crippen LogP contribution in [-0.4, -0.2) is 73.4 Å². The monoisotopic (exact) mass is 1000 g/mol. The van der Waals surface area contributed by atoms with Crippen LogP contribution in [0, 0.1) is 0 Å². The van der Waals surface area contributed by atoms with Crippen molar-refractivity contribution in [2.45, 2.75) is 257 Å². The van der Waals surface area contributed by atoms with Gasteiger partial charge in [-0.05, 0) is 83.5 Å². The van der Waals surface area contributed by atoms with Gasteiger partial charge < -0.3 is 19.8 Å². The van der Waals surface area contributed by atoms with Gasteiger partial charge in [-0.3, -0.25) is 13.8 Å². The lowest BCUT2D eigenvalue weighted by Gasteiger charge is -2.25. The van der Waals surface area contributed by atoms with E-state index in [0.29, 0.717) is 17.4 Å². The summed E-state index contributed by atoms with van der Waals surface area (Å²) in [7, 11) is 1.53. The van der Waals surface area contributed by atoms with Crippen LogP contribution in [0.3, 0.4) is 0 Å². The summed E-state index contributed by atoms with van der Waals surface area (Å²) in [6.07, 6.45) is 72.7. The number of carbonyl (C=O) groups is 1. The summed E-state index contributed by atoms with van der Waals surface area (Å²) < 4.78 is 23.7. The number of allylic oxidation sites excluding steroid dienone is 13. The van der Waals surface area contributed by atoms with Gasteiger partial charge in [-0.2, -0.15) is 0 Å². The second-order valence-corrected chi connectivity index (χ2v) is 22.1. The van der Waals surface area contributed by atoms with Crippen LogP contribution in [0.4, 0.5) is 0 Å². The predicted molar refractivity (Wildman–Crippen MR) is 304 cm³/mol. The van der Waals surface area contributed by atoms with Crippen LogP contribution in [0.2, 0.25) is 0 Å². The van der Waals surface area contributed by atoms with Crippen molar-refractivity contribution in [1.29, 1.82) is 0 Å². The topological polar surface area (TPSA) is 105 Å². The van der Waals surface area contributed by atoms with Crippen molar-refractivity contribution in [1.82, 2.24) is 5.32 Å². The maximum atomic E-state index is 13.0. The molecule has 0 fully saturated rings. The first-order valence-electron chi connectivity index (χ1n) is 29.0. The Kier molecular flexibility index (Phi) is 49.9. The van der Waals surface area contributed by atoms with Crippen LogP contribution in [0.25, 0.3) is 0 Å². The van der Waals surface area contributed by atoms with Crippen molar-refractivity contribution in [3.05, 3.63) is 85.1 Å². The smallest absolute Gasteiger partial charge is 0.387 e. The van der Waals surface area contributed by atoms with Gasteiger partial charge >= 0.3 is 7.82 Å². The van der Waals surface area contributed by atoms with E-state index >= 15 is 0 Å². The highest BCUT2D eigenvalue weighted by atomic mass is 31.2. The Hall–Kier alpha value is -2.32. The molecule has 0 saturated carbocycles. The average Bonchev–Trinajstić information content (AvgIpc) is 3.32. The van der Waals surface area contributed by atoms with Crippen LogP contribution >= 0.6 is 7.82 Å². The van der Waals surface area contributed by atoms with E-state index in [-0.39, 0.29) is 19.1 Å². The van der Waals surface area contributed by atoms with Gasteiger partial charge in [0.15, 0.2) is 0 Å². The SMILES string of the molecule is CC/C=C\C/C=C\C/C=C\C/C=C\CCCCCCCCC(=O)NC(COP(=O)(O)OCC[N+](C)(C)C)C(O)/C=C/CC/C=C/CC/C=C/CCCCCCCCCCCCCCCCCCCCC. The predicted octanol–water partition coefficient (Wildman–Crippen LogP) is 17.6. The largest absolute Gasteiger partial charge is 0.472 e. The molecule has 0 aliphatic rings. The lowest BCUT2D eigenvalue weighted by atomic mass is 10.0. The zero-order valence-electron chi connectivity index (χ0n) is 46.2. The summed E-state index contributed by atoms with van der Waals surface area (Å²) in [6, 6.07) is -0.884. The van der Waals surface area contributed by atoms with Crippen molar-refractivity contribution < 1.29 is 32.9 Å². The molecule has 3 N–H and O–H groups in total. The fourth-order valence-corrected chi connectivity index (χ4v) is 8.80. The number of rotatable bonds is 52. The third-order valence-electron chi connectivity index (χ3n) is 12.6. The normalized spacial score (nSPS) is 14.6. The molecule has 0 spiro atoms. The molecule has 70 heavy (non-hydrogen) atoms. The number of nitrogens with one attached hydrogen (secondary N) is 1. The molecule has 0 saturated heterocycles. The Labute approximate surface area is 433 Å². The number of hydrogen-bond donors (Lipinski definition) is 3. The van der Waals surface area contributed by atoms with Gasteiger partial charge in [-0.15, -0.1) is 0 Å². The Morgan fingerprint density at radius 3 is 1.31 bits per heavy atom. The number of hydrogen-bond acceptors (Lipinski definition) is 5. The summed E-state index contributed by atoms with van der Waals surface area (Å²) >= 11 is 0. The Bertz CT molecular complexity index is 1410. The molecule has 0 bridgehead atoms. The number of likely N-dealkylation sites (N-methyl/N-ethyl adjacent to an activating group) is 1. The molecule has 3 unspecified atom stereocenters. The van der Waals surface area contributed by atoms with E-state index in [0.717, 1.165) is 83.5 Å². The van der Waals surface area contributed by atoms with E-state index in [2.05, 4.69) is 92.1 Å². The number of nitrogens with zero attached hydrogens (tertiary/aromatic N) is 1. The minimum atomic E-state index is -4.37. The number of quaternary nitrogens is 1. The van der Waals surface area contributed by atoms with E-state index in [9.17, 15) is 19.4 Å². The maximum absolute atomic E-state index is 13.0. The molecule has 0 aliphatic heterocycles. The molecular weight excluding hydrogens is 888 g/mol. The Balaban J connectivity index is 4.29. The number of aliphatic hydroxyl groups excluding tert-OH is 1. The summed E-state index contributed by atoms with van der Waals surface area (Å²) in [5.74, 6) is -0.207. The minimum Gasteiger partial charge on any atom is -0.387 e. The van der Waals surface area contributed by atoms with E-state index < -0.39 is 20.0 Å². The summed E-state index contributed by atoms with van der Waals surface area (Å²) in [6.45, 7) is 4.67. The van der Waals surface area contributed by atoms with E-state index in [1.807, 2.05) is 27.2 Å². The van der Waals surface area contributed by atoms with E-state index in [1.54, 1.807) is 6.08 Å². The fraction of sp³-hybridized carbons (Fsp3) is 0.754. The van der Waals surface area contributed by atoms with Gasteiger partial charge in [0, 0.05) is 6.42 Å². The second kappa shape index (κ2) is 51.6. The zero-order chi connectivity index (χ0) is 51.3. The lowest BCUT2D eigenvalue weighted by Crippen LogP contribution is -2.45. The van der Waals surface area contributed by atoms with Crippen molar-refractivity contribution in [3.8, 4) is 0 Å². The molecule has 0 aromatic heterocycles. The molecule has 8 nitrogen and oxygen atoms in total. The molecule has 0 aromatic carbocycles. The van der Waals surface area contributed by atoms with Gasteiger partial charge in [0.05, 0.1) is 39.9 Å². The minimum absolute atomic E-state index is 0.0463. The molecule has 0 radical (unpaired) electrons. The van der Waals surface area contributed by atoms with Crippen LogP contribution < -0.4 is 5.32 Å². The third kappa shape index (κ3) is 53.5. The molecule has 0 rings (SSSR count).